The SMILES string of the molecule is COc1cc(C=C(Br)Br)cc(Cl)c1OC. The lowest BCUT2D eigenvalue weighted by Crippen LogP contribution is -1.92. The Morgan fingerprint density at radius 2 is 1.93 bits per heavy atom. The molecule has 0 aliphatic heterocycles. The van der Waals surface area contributed by atoms with Gasteiger partial charge in [0.15, 0.2) is 11.5 Å². The summed E-state index contributed by atoms with van der Waals surface area (Å²) in [6, 6.07) is 3.64. The third-order valence-corrected chi connectivity index (χ3v) is 2.47. The lowest BCUT2D eigenvalue weighted by Gasteiger charge is -2.10. The standard InChI is InChI=1S/C10H9Br2ClO2/c1-14-8-4-6(5-9(11)12)3-7(13)10(8)15-2/h3-5H,1-2H3. The molecule has 15 heavy (non-hydrogen) atoms. The number of hydrogen-bond donors (Lipinski definition) is 0. The molecule has 1 aromatic carbocycles. The van der Waals surface area contributed by atoms with Crippen LogP contribution in [0, 0.1) is 0 Å². The highest BCUT2D eigenvalue weighted by molar-refractivity contribution is 9.28. The zero-order chi connectivity index (χ0) is 11.4. The fourth-order valence-corrected chi connectivity index (χ4v) is 1.97. The van der Waals surface area contributed by atoms with Crippen LogP contribution in [-0.2, 0) is 0 Å². The molecule has 0 saturated carbocycles. The first-order valence-corrected chi connectivity index (χ1v) is 5.99. The molecule has 0 N–H and O–H groups in total. The van der Waals surface area contributed by atoms with E-state index >= 15 is 0 Å². The first kappa shape index (κ1) is 12.9. The van der Waals surface area contributed by atoms with E-state index in [1.807, 2.05) is 12.1 Å². The molecule has 0 aliphatic carbocycles. The third kappa shape index (κ3) is 3.40. The van der Waals surface area contributed by atoms with Crippen LogP contribution in [0.2, 0.25) is 5.02 Å². The molecule has 0 bridgehead atoms. The van der Waals surface area contributed by atoms with Crippen molar-refractivity contribution in [2.75, 3.05) is 14.2 Å². The van der Waals surface area contributed by atoms with Gasteiger partial charge in [0.2, 0.25) is 0 Å². The average Bonchev–Trinajstić information content (AvgIpc) is 2.15. The van der Waals surface area contributed by atoms with E-state index in [1.165, 1.54) is 0 Å². The van der Waals surface area contributed by atoms with Gasteiger partial charge in [-0.15, -0.1) is 0 Å². The predicted molar refractivity (Wildman–Crippen MR) is 70.4 cm³/mol. The van der Waals surface area contributed by atoms with Crippen LogP contribution in [0.1, 0.15) is 5.56 Å². The van der Waals surface area contributed by atoms with Crippen LogP contribution in [0.3, 0.4) is 0 Å². The molecule has 0 atom stereocenters. The van der Waals surface area contributed by atoms with Gasteiger partial charge in [0.1, 0.15) is 0 Å². The van der Waals surface area contributed by atoms with Gasteiger partial charge in [0.25, 0.3) is 0 Å². The lowest BCUT2D eigenvalue weighted by molar-refractivity contribution is 0.355. The Morgan fingerprint density at radius 3 is 2.40 bits per heavy atom. The number of hydrogen-bond acceptors (Lipinski definition) is 2. The fraction of sp³-hybridized carbons (Fsp3) is 0.200. The van der Waals surface area contributed by atoms with E-state index in [4.69, 9.17) is 21.1 Å². The summed E-state index contributed by atoms with van der Waals surface area (Å²) in [7, 11) is 3.13. The molecule has 0 amide bonds. The smallest absolute Gasteiger partial charge is 0.179 e. The summed E-state index contributed by atoms with van der Waals surface area (Å²) in [6.07, 6.45) is 1.87. The summed E-state index contributed by atoms with van der Waals surface area (Å²) in [5.74, 6) is 1.15. The van der Waals surface area contributed by atoms with E-state index in [1.54, 1.807) is 20.3 Å². The molecule has 2 nitrogen and oxygen atoms in total. The number of rotatable bonds is 3. The first-order valence-electron chi connectivity index (χ1n) is 4.02. The van der Waals surface area contributed by atoms with Gasteiger partial charge in [-0.2, -0.15) is 0 Å². The normalized spacial score (nSPS) is 9.67. The Kier molecular flexibility index (Phi) is 4.96. The van der Waals surface area contributed by atoms with Crippen LogP contribution in [0.4, 0.5) is 0 Å². The third-order valence-electron chi connectivity index (χ3n) is 1.73. The number of halogens is 3. The van der Waals surface area contributed by atoms with E-state index in [9.17, 15) is 0 Å². The quantitative estimate of drug-likeness (QED) is 0.797. The molecule has 0 unspecified atom stereocenters. The van der Waals surface area contributed by atoms with Crippen molar-refractivity contribution in [3.8, 4) is 11.5 Å². The molecule has 0 saturated heterocycles. The fourth-order valence-electron chi connectivity index (χ4n) is 1.15. The molecule has 0 fully saturated rings. The molecule has 5 heteroatoms. The van der Waals surface area contributed by atoms with Gasteiger partial charge >= 0.3 is 0 Å². The topological polar surface area (TPSA) is 18.5 Å². The molecule has 1 aromatic rings. The highest BCUT2D eigenvalue weighted by atomic mass is 79.9. The summed E-state index contributed by atoms with van der Waals surface area (Å²) in [5.41, 5.74) is 0.918. The number of ether oxygens (including phenoxy) is 2. The molecule has 82 valence electrons. The van der Waals surface area contributed by atoms with E-state index in [0.29, 0.717) is 16.5 Å². The highest BCUT2D eigenvalue weighted by Crippen LogP contribution is 2.37. The molecular weight excluding hydrogens is 347 g/mol. The molecule has 0 heterocycles. The van der Waals surface area contributed by atoms with Crippen LogP contribution in [0.15, 0.2) is 15.5 Å². The largest absolute Gasteiger partial charge is 0.493 e. The van der Waals surface area contributed by atoms with E-state index in [-0.39, 0.29) is 0 Å². The molecule has 1 rings (SSSR count). The van der Waals surface area contributed by atoms with Gasteiger partial charge in [-0.1, -0.05) is 11.6 Å². The molecule has 0 spiro atoms. The van der Waals surface area contributed by atoms with E-state index in [2.05, 4.69) is 31.9 Å². The summed E-state index contributed by atoms with van der Waals surface area (Å²) in [6.45, 7) is 0. The maximum Gasteiger partial charge on any atom is 0.179 e. The van der Waals surface area contributed by atoms with Crippen molar-refractivity contribution < 1.29 is 9.47 Å². The molecule has 0 radical (unpaired) electrons. The summed E-state index contributed by atoms with van der Waals surface area (Å²) in [4.78, 5) is 0. The van der Waals surface area contributed by atoms with Crippen molar-refractivity contribution in [2.45, 2.75) is 0 Å². The second-order valence-corrected chi connectivity index (χ2v) is 5.85. The van der Waals surface area contributed by atoms with Crippen molar-refractivity contribution in [1.82, 2.24) is 0 Å². The van der Waals surface area contributed by atoms with Gasteiger partial charge < -0.3 is 9.47 Å². The second kappa shape index (κ2) is 5.77. The minimum absolute atomic E-state index is 0.518. The summed E-state index contributed by atoms with van der Waals surface area (Å²) < 4.78 is 11.1. The van der Waals surface area contributed by atoms with Crippen molar-refractivity contribution in [2.24, 2.45) is 0 Å². The zero-order valence-electron chi connectivity index (χ0n) is 8.18. The maximum atomic E-state index is 6.03. The predicted octanol–water partition coefficient (Wildman–Crippen LogP) is 4.45. The zero-order valence-corrected chi connectivity index (χ0v) is 12.1. The summed E-state index contributed by atoms with van der Waals surface area (Å²) in [5, 5.41) is 0.518. The van der Waals surface area contributed by atoms with Gasteiger partial charge in [-0.3, -0.25) is 0 Å². The Labute approximate surface area is 110 Å². The Bertz CT molecular complexity index is 387. The molecular formula is C10H9Br2ClO2. The average molecular weight is 356 g/mol. The van der Waals surface area contributed by atoms with Gasteiger partial charge in [0.05, 0.1) is 22.6 Å². The number of methoxy groups -OCH3 is 2. The highest BCUT2D eigenvalue weighted by Gasteiger charge is 2.09. The first-order chi connectivity index (χ1) is 7.08. The van der Waals surface area contributed by atoms with Gasteiger partial charge in [-0.05, 0) is 55.6 Å². The molecule has 0 aliphatic rings. The lowest BCUT2D eigenvalue weighted by atomic mass is 10.2. The van der Waals surface area contributed by atoms with Crippen molar-refractivity contribution in [3.63, 3.8) is 0 Å². The number of benzene rings is 1. The van der Waals surface area contributed by atoms with Crippen LogP contribution in [0.25, 0.3) is 6.08 Å². The van der Waals surface area contributed by atoms with Crippen molar-refractivity contribution in [3.05, 3.63) is 26.1 Å². The Morgan fingerprint density at radius 1 is 1.27 bits per heavy atom. The summed E-state index contributed by atoms with van der Waals surface area (Å²) >= 11 is 12.6. The molecule has 0 aromatic heterocycles. The Balaban J connectivity index is 3.25. The Hall–Kier alpha value is -0.190. The van der Waals surface area contributed by atoms with Crippen LogP contribution in [0.5, 0.6) is 11.5 Å². The van der Waals surface area contributed by atoms with E-state index < -0.39 is 0 Å². The van der Waals surface area contributed by atoms with Crippen molar-refractivity contribution in [1.29, 1.82) is 0 Å². The van der Waals surface area contributed by atoms with Crippen LogP contribution in [-0.4, -0.2) is 14.2 Å². The van der Waals surface area contributed by atoms with Gasteiger partial charge in [0, 0.05) is 0 Å². The minimum Gasteiger partial charge on any atom is -0.493 e. The second-order valence-electron chi connectivity index (χ2n) is 2.67. The minimum atomic E-state index is 0.518. The maximum absolute atomic E-state index is 6.03. The monoisotopic (exact) mass is 354 g/mol. The van der Waals surface area contributed by atoms with Crippen molar-refractivity contribution >= 4 is 49.5 Å². The van der Waals surface area contributed by atoms with Crippen LogP contribution < -0.4 is 9.47 Å². The van der Waals surface area contributed by atoms with E-state index in [0.717, 1.165) is 8.96 Å². The van der Waals surface area contributed by atoms with Crippen LogP contribution >= 0.6 is 43.5 Å². The van der Waals surface area contributed by atoms with Gasteiger partial charge in [-0.25, -0.2) is 0 Å².